The zero-order valence-corrected chi connectivity index (χ0v) is 12.1. The standard InChI is InChI=1S/C15H22N4/c1-10(2)19-14(17-9-18-19)8-13(16)15-11(3)6-5-7-12(15)4/h5-7,9-10,13H,8,16H2,1-4H3. The Hall–Kier alpha value is -1.68. The van der Waals surface area contributed by atoms with Crippen molar-refractivity contribution in [3.8, 4) is 0 Å². The Morgan fingerprint density at radius 2 is 1.84 bits per heavy atom. The van der Waals surface area contributed by atoms with Crippen molar-refractivity contribution in [2.24, 2.45) is 5.73 Å². The van der Waals surface area contributed by atoms with Gasteiger partial charge in [0.05, 0.1) is 0 Å². The van der Waals surface area contributed by atoms with E-state index >= 15 is 0 Å². The molecule has 102 valence electrons. The van der Waals surface area contributed by atoms with Gasteiger partial charge in [0, 0.05) is 18.5 Å². The van der Waals surface area contributed by atoms with Crippen LogP contribution in [0.1, 0.15) is 48.4 Å². The fourth-order valence-electron chi connectivity index (χ4n) is 2.56. The Morgan fingerprint density at radius 1 is 1.21 bits per heavy atom. The van der Waals surface area contributed by atoms with Gasteiger partial charge in [-0.05, 0) is 44.4 Å². The van der Waals surface area contributed by atoms with E-state index in [1.165, 1.54) is 16.7 Å². The molecule has 2 aromatic rings. The minimum Gasteiger partial charge on any atom is -0.324 e. The first-order valence-corrected chi connectivity index (χ1v) is 6.70. The minimum absolute atomic E-state index is 0.0390. The van der Waals surface area contributed by atoms with Crippen LogP contribution in [0.5, 0.6) is 0 Å². The monoisotopic (exact) mass is 258 g/mol. The molecule has 2 N–H and O–H groups in total. The zero-order valence-electron chi connectivity index (χ0n) is 12.1. The lowest BCUT2D eigenvalue weighted by molar-refractivity contribution is 0.492. The summed E-state index contributed by atoms with van der Waals surface area (Å²) in [7, 11) is 0. The van der Waals surface area contributed by atoms with E-state index in [0.717, 1.165) is 5.82 Å². The number of nitrogens with zero attached hydrogens (tertiary/aromatic N) is 3. The van der Waals surface area contributed by atoms with Crippen molar-refractivity contribution in [3.05, 3.63) is 47.0 Å². The number of aromatic nitrogens is 3. The largest absolute Gasteiger partial charge is 0.324 e. The fraction of sp³-hybridized carbons (Fsp3) is 0.467. The molecule has 0 aliphatic rings. The first-order chi connectivity index (χ1) is 9.00. The molecule has 0 bridgehead atoms. The molecule has 4 nitrogen and oxygen atoms in total. The van der Waals surface area contributed by atoms with E-state index in [1.807, 2.05) is 4.68 Å². The van der Waals surface area contributed by atoms with Gasteiger partial charge in [0.1, 0.15) is 12.2 Å². The predicted octanol–water partition coefficient (Wildman–Crippen LogP) is 2.72. The van der Waals surface area contributed by atoms with Gasteiger partial charge < -0.3 is 5.73 Å². The maximum atomic E-state index is 6.38. The van der Waals surface area contributed by atoms with Crippen molar-refractivity contribution in [1.82, 2.24) is 14.8 Å². The third-order valence-electron chi connectivity index (χ3n) is 3.45. The van der Waals surface area contributed by atoms with Gasteiger partial charge >= 0.3 is 0 Å². The van der Waals surface area contributed by atoms with Crippen LogP contribution < -0.4 is 5.73 Å². The normalized spacial score (nSPS) is 12.9. The molecule has 0 fully saturated rings. The number of hydrogen-bond donors (Lipinski definition) is 1. The SMILES string of the molecule is Cc1cccc(C)c1C(N)Cc1ncnn1C(C)C. The van der Waals surface area contributed by atoms with Gasteiger partial charge in [-0.3, -0.25) is 0 Å². The molecule has 0 amide bonds. The highest BCUT2D eigenvalue weighted by atomic mass is 15.3. The maximum absolute atomic E-state index is 6.38. The third kappa shape index (κ3) is 2.84. The second-order valence-electron chi connectivity index (χ2n) is 5.33. The average Bonchev–Trinajstić information content (AvgIpc) is 2.76. The van der Waals surface area contributed by atoms with E-state index in [-0.39, 0.29) is 6.04 Å². The third-order valence-corrected chi connectivity index (χ3v) is 3.45. The van der Waals surface area contributed by atoms with E-state index in [9.17, 15) is 0 Å². The Morgan fingerprint density at radius 3 is 2.42 bits per heavy atom. The van der Waals surface area contributed by atoms with Crippen molar-refractivity contribution >= 4 is 0 Å². The fourth-order valence-corrected chi connectivity index (χ4v) is 2.56. The number of hydrogen-bond acceptors (Lipinski definition) is 3. The van der Waals surface area contributed by atoms with Crippen LogP contribution in [-0.4, -0.2) is 14.8 Å². The number of rotatable bonds is 4. The summed E-state index contributed by atoms with van der Waals surface area (Å²) < 4.78 is 1.94. The quantitative estimate of drug-likeness (QED) is 0.917. The van der Waals surface area contributed by atoms with Crippen molar-refractivity contribution in [3.63, 3.8) is 0 Å². The molecular weight excluding hydrogens is 236 g/mol. The Balaban J connectivity index is 2.26. The Bertz CT molecular complexity index is 537. The highest BCUT2D eigenvalue weighted by molar-refractivity contribution is 5.36. The van der Waals surface area contributed by atoms with Gasteiger partial charge in [-0.15, -0.1) is 0 Å². The molecule has 0 spiro atoms. The van der Waals surface area contributed by atoms with Crippen molar-refractivity contribution in [2.45, 2.75) is 46.2 Å². The van der Waals surface area contributed by atoms with Gasteiger partial charge in [0.25, 0.3) is 0 Å². The highest BCUT2D eigenvalue weighted by Crippen LogP contribution is 2.23. The summed E-state index contributed by atoms with van der Waals surface area (Å²) in [5.74, 6) is 0.949. The van der Waals surface area contributed by atoms with Crippen molar-refractivity contribution < 1.29 is 0 Å². The molecule has 0 aliphatic heterocycles. The number of aryl methyl sites for hydroxylation is 2. The molecular formula is C15H22N4. The van der Waals surface area contributed by atoms with Crippen molar-refractivity contribution in [2.75, 3.05) is 0 Å². The van der Waals surface area contributed by atoms with Crippen LogP contribution in [0.3, 0.4) is 0 Å². The summed E-state index contributed by atoms with van der Waals surface area (Å²) in [6.07, 6.45) is 2.32. The van der Waals surface area contributed by atoms with Crippen LogP contribution in [0, 0.1) is 13.8 Å². The number of nitrogens with two attached hydrogens (primary N) is 1. The maximum Gasteiger partial charge on any atom is 0.138 e. The van der Waals surface area contributed by atoms with Gasteiger partial charge in [-0.25, -0.2) is 9.67 Å². The van der Waals surface area contributed by atoms with Crippen LogP contribution in [0.15, 0.2) is 24.5 Å². The van der Waals surface area contributed by atoms with E-state index in [2.05, 4.69) is 56.0 Å². The molecule has 4 heteroatoms. The van der Waals surface area contributed by atoms with E-state index in [0.29, 0.717) is 12.5 Å². The van der Waals surface area contributed by atoms with Gasteiger partial charge in [0.2, 0.25) is 0 Å². The first kappa shape index (κ1) is 13.7. The smallest absolute Gasteiger partial charge is 0.138 e. The van der Waals surface area contributed by atoms with Crippen LogP contribution in [0.25, 0.3) is 0 Å². The zero-order chi connectivity index (χ0) is 14.0. The lowest BCUT2D eigenvalue weighted by Gasteiger charge is -2.18. The summed E-state index contributed by atoms with van der Waals surface area (Å²) in [6, 6.07) is 6.55. The summed E-state index contributed by atoms with van der Waals surface area (Å²) in [6.45, 7) is 8.41. The van der Waals surface area contributed by atoms with Gasteiger partial charge in [-0.2, -0.15) is 5.10 Å². The van der Waals surface area contributed by atoms with Crippen LogP contribution in [-0.2, 0) is 6.42 Å². The molecule has 1 aromatic carbocycles. The van der Waals surface area contributed by atoms with Crippen molar-refractivity contribution in [1.29, 1.82) is 0 Å². The molecule has 1 aromatic heterocycles. The molecule has 1 unspecified atom stereocenters. The van der Waals surface area contributed by atoms with Crippen LogP contribution in [0.4, 0.5) is 0 Å². The lowest BCUT2D eigenvalue weighted by Crippen LogP contribution is -2.19. The second-order valence-corrected chi connectivity index (χ2v) is 5.33. The highest BCUT2D eigenvalue weighted by Gasteiger charge is 2.16. The number of benzene rings is 1. The molecule has 0 saturated heterocycles. The Kier molecular flexibility index (Phi) is 4.00. The second kappa shape index (κ2) is 5.53. The lowest BCUT2D eigenvalue weighted by atomic mass is 9.94. The summed E-state index contributed by atoms with van der Waals surface area (Å²) in [4.78, 5) is 4.33. The molecule has 0 radical (unpaired) electrons. The Labute approximate surface area is 114 Å². The topological polar surface area (TPSA) is 56.7 Å². The van der Waals surface area contributed by atoms with E-state index < -0.39 is 0 Å². The molecule has 2 rings (SSSR count). The van der Waals surface area contributed by atoms with E-state index in [1.54, 1.807) is 6.33 Å². The first-order valence-electron chi connectivity index (χ1n) is 6.70. The molecule has 0 aliphatic carbocycles. The molecule has 19 heavy (non-hydrogen) atoms. The minimum atomic E-state index is -0.0390. The summed E-state index contributed by atoms with van der Waals surface area (Å²) >= 11 is 0. The average molecular weight is 258 g/mol. The van der Waals surface area contributed by atoms with Crippen LogP contribution in [0.2, 0.25) is 0 Å². The molecule has 1 atom stereocenters. The van der Waals surface area contributed by atoms with Crippen LogP contribution >= 0.6 is 0 Å². The summed E-state index contributed by atoms with van der Waals surface area (Å²) in [5.41, 5.74) is 10.1. The van der Waals surface area contributed by atoms with E-state index in [4.69, 9.17) is 5.73 Å². The molecule has 1 heterocycles. The summed E-state index contributed by atoms with van der Waals surface area (Å²) in [5, 5.41) is 4.26. The predicted molar refractivity (Wildman–Crippen MR) is 77.0 cm³/mol. The molecule has 0 saturated carbocycles. The van der Waals surface area contributed by atoms with Gasteiger partial charge in [0.15, 0.2) is 0 Å². The van der Waals surface area contributed by atoms with Gasteiger partial charge in [-0.1, -0.05) is 18.2 Å².